The lowest BCUT2D eigenvalue weighted by atomic mass is 9.98. The maximum absolute atomic E-state index is 14.4. The lowest BCUT2D eigenvalue weighted by molar-refractivity contribution is -0.155. The van der Waals surface area contributed by atoms with Gasteiger partial charge in [-0.3, -0.25) is 9.59 Å². The van der Waals surface area contributed by atoms with Gasteiger partial charge in [-0.2, -0.15) is 0 Å². The Morgan fingerprint density at radius 3 is 1.90 bits per heavy atom. The lowest BCUT2D eigenvalue weighted by Crippen LogP contribution is -2.50. The van der Waals surface area contributed by atoms with Crippen molar-refractivity contribution in [1.29, 1.82) is 0 Å². The standard InChI is InChI=1S/C41H53N3O7/c1-28(29-17-9-8-10-18-29)44(26-24-36(45)50-40(2,3)4)37(46)35(23-15-16-25-42-38(47)51-41(5,6)7)43-39(48)49-27-34-32-21-13-11-19-30(32)31-20-12-14-22-33(31)34/h8-14,17-22,28,34-35H,15-16,23-27H2,1-7H3,(H,42,47)(H,43,48)/t28-,35-/m0/s1. The number of carbonyl (C=O) groups excluding carboxylic acids is 4. The number of unbranched alkanes of at least 4 members (excludes halogenated alkanes) is 1. The van der Waals surface area contributed by atoms with Crippen molar-refractivity contribution in [2.24, 2.45) is 0 Å². The van der Waals surface area contributed by atoms with Crippen LogP contribution in [0.5, 0.6) is 0 Å². The van der Waals surface area contributed by atoms with Gasteiger partial charge in [0, 0.05) is 19.0 Å². The summed E-state index contributed by atoms with van der Waals surface area (Å²) in [5.74, 6) is -0.905. The molecule has 1 aliphatic carbocycles. The summed E-state index contributed by atoms with van der Waals surface area (Å²) in [4.78, 5) is 54.4. The van der Waals surface area contributed by atoms with Crippen molar-refractivity contribution in [3.8, 4) is 11.1 Å². The van der Waals surface area contributed by atoms with Gasteiger partial charge in [0.25, 0.3) is 0 Å². The normalized spacial score (nSPS) is 13.6. The van der Waals surface area contributed by atoms with E-state index in [-0.39, 0.29) is 37.8 Å². The lowest BCUT2D eigenvalue weighted by Gasteiger charge is -2.33. The summed E-state index contributed by atoms with van der Waals surface area (Å²) in [7, 11) is 0. The Morgan fingerprint density at radius 1 is 0.745 bits per heavy atom. The van der Waals surface area contributed by atoms with E-state index in [1.165, 1.54) is 0 Å². The zero-order valence-electron chi connectivity index (χ0n) is 31.0. The number of nitrogens with zero attached hydrogens (tertiary/aromatic N) is 1. The van der Waals surface area contributed by atoms with E-state index in [1.807, 2.05) is 73.7 Å². The highest BCUT2D eigenvalue weighted by Crippen LogP contribution is 2.44. The van der Waals surface area contributed by atoms with Crippen LogP contribution in [0.1, 0.15) is 103 Å². The van der Waals surface area contributed by atoms with E-state index in [4.69, 9.17) is 14.2 Å². The molecule has 3 aromatic rings. The molecule has 0 aromatic heterocycles. The number of carbonyl (C=O) groups is 4. The minimum atomic E-state index is -0.952. The summed E-state index contributed by atoms with van der Waals surface area (Å²) in [6.45, 7) is 13.2. The predicted molar refractivity (Wildman–Crippen MR) is 197 cm³/mol. The largest absolute Gasteiger partial charge is 0.460 e. The van der Waals surface area contributed by atoms with Crippen LogP contribution in [0, 0.1) is 0 Å². The Hall–Kier alpha value is -4.86. The van der Waals surface area contributed by atoms with Gasteiger partial charge in [0.15, 0.2) is 0 Å². The van der Waals surface area contributed by atoms with Gasteiger partial charge in [-0.15, -0.1) is 0 Å². The number of fused-ring (bicyclic) bond motifs is 3. The average molecular weight is 700 g/mol. The molecule has 0 unspecified atom stereocenters. The van der Waals surface area contributed by atoms with Gasteiger partial charge in [0.2, 0.25) is 5.91 Å². The van der Waals surface area contributed by atoms with Crippen molar-refractivity contribution in [2.45, 2.75) is 103 Å². The minimum absolute atomic E-state index is 0.0162. The summed E-state index contributed by atoms with van der Waals surface area (Å²) in [5.41, 5.74) is 4.00. The number of rotatable bonds is 14. The molecule has 10 nitrogen and oxygen atoms in total. The minimum Gasteiger partial charge on any atom is -0.460 e. The molecule has 51 heavy (non-hydrogen) atoms. The third-order valence-corrected chi connectivity index (χ3v) is 8.53. The van der Waals surface area contributed by atoms with Crippen LogP contribution in [0.15, 0.2) is 78.9 Å². The summed E-state index contributed by atoms with van der Waals surface area (Å²) in [6.07, 6.45) is 0.0939. The number of nitrogens with one attached hydrogen (secondary N) is 2. The monoisotopic (exact) mass is 699 g/mol. The van der Waals surface area contributed by atoms with Gasteiger partial charge in [-0.1, -0.05) is 78.9 Å². The van der Waals surface area contributed by atoms with Gasteiger partial charge >= 0.3 is 18.2 Å². The van der Waals surface area contributed by atoms with Crippen molar-refractivity contribution in [3.05, 3.63) is 95.6 Å². The molecule has 0 spiro atoms. The van der Waals surface area contributed by atoms with Crippen molar-refractivity contribution in [3.63, 3.8) is 0 Å². The topological polar surface area (TPSA) is 123 Å². The number of hydrogen-bond donors (Lipinski definition) is 2. The Balaban J connectivity index is 1.50. The third kappa shape index (κ3) is 11.6. The molecule has 1 aliphatic rings. The highest BCUT2D eigenvalue weighted by Gasteiger charge is 2.33. The summed E-state index contributed by atoms with van der Waals surface area (Å²) in [6, 6.07) is 24.4. The number of amides is 3. The summed E-state index contributed by atoms with van der Waals surface area (Å²) in [5, 5.41) is 5.60. The molecule has 274 valence electrons. The Labute approximate surface area is 302 Å². The Bertz CT molecular complexity index is 1600. The number of benzene rings is 3. The predicted octanol–water partition coefficient (Wildman–Crippen LogP) is 7.91. The van der Waals surface area contributed by atoms with Crippen LogP contribution < -0.4 is 10.6 Å². The third-order valence-electron chi connectivity index (χ3n) is 8.53. The molecular weight excluding hydrogens is 646 g/mol. The van der Waals surface area contributed by atoms with Crippen molar-refractivity contribution in [2.75, 3.05) is 19.7 Å². The molecule has 0 aliphatic heterocycles. The first-order valence-corrected chi connectivity index (χ1v) is 17.8. The van der Waals surface area contributed by atoms with Crippen LogP contribution in [0.25, 0.3) is 11.1 Å². The van der Waals surface area contributed by atoms with Gasteiger partial charge in [0.1, 0.15) is 23.9 Å². The van der Waals surface area contributed by atoms with E-state index in [2.05, 4.69) is 22.8 Å². The smallest absolute Gasteiger partial charge is 0.407 e. The van der Waals surface area contributed by atoms with E-state index in [0.717, 1.165) is 27.8 Å². The molecule has 0 bridgehead atoms. The number of hydrogen-bond acceptors (Lipinski definition) is 7. The summed E-state index contributed by atoms with van der Waals surface area (Å²) < 4.78 is 16.7. The van der Waals surface area contributed by atoms with Gasteiger partial charge < -0.3 is 29.7 Å². The molecule has 0 heterocycles. The molecule has 0 saturated carbocycles. The maximum Gasteiger partial charge on any atom is 0.407 e. The first-order chi connectivity index (χ1) is 24.1. The van der Waals surface area contributed by atoms with Crippen LogP contribution >= 0.6 is 0 Å². The first-order valence-electron chi connectivity index (χ1n) is 17.8. The molecule has 0 radical (unpaired) electrons. The van der Waals surface area contributed by atoms with Crippen LogP contribution in [0.4, 0.5) is 9.59 Å². The fourth-order valence-electron chi connectivity index (χ4n) is 6.23. The van der Waals surface area contributed by atoms with Crippen molar-refractivity contribution >= 4 is 24.1 Å². The second-order valence-corrected chi connectivity index (χ2v) is 14.9. The fourth-order valence-corrected chi connectivity index (χ4v) is 6.23. The maximum atomic E-state index is 14.4. The summed E-state index contributed by atoms with van der Waals surface area (Å²) >= 11 is 0. The zero-order chi connectivity index (χ0) is 37.2. The first kappa shape index (κ1) is 38.9. The fraction of sp³-hybridized carbons (Fsp3) is 0.463. The van der Waals surface area contributed by atoms with Gasteiger partial charge in [-0.25, -0.2) is 9.59 Å². The van der Waals surface area contributed by atoms with E-state index < -0.39 is 41.4 Å². The van der Waals surface area contributed by atoms with Gasteiger partial charge in [0.05, 0.1) is 12.5 Å². The molecule has 0 saturated heterocycles. The van der Waals surface area contributed by atoms with E-state index in [9.17, 15) is 19.2 Å². The Kier molecular flexibility index (Phi) is 13.3. The molecular formula is C41H53N3O7. The molecule has 0 fully saturated rings. The van der Waals surface area contributed by atoms with Crippen LogP contribution in [0.2, 0.25) is 0 Å². The Morgan fingerprint density at radius 2 is 1.31 bits per heavy atom. The number of esters is 1. The second-order valence-electron chi connectivity index (χ2n) is 14.9. The van der Waals surface area contributed by atoms with E-state index >= 15 is 0 Å². The number of alkyl carbamates (subject to hydrolysis) is 2. The van der Waals surface area contributed by atoms with E-state index in [1.54, 1.807) is 46.4 Å². The molecule has 10 heteroatoms. The van der Waals surface area contributed by atoms with Crippen molar-refractivity contribution in [1.82, 2.24) is 15.5 Å². The van der Waals surface area contributed by atoms with Gasteiger partial charge in [-0.05, 0) is 95.5 Å². The molecule has 2 N–H and O–H groups in total. The highest BCUT2D eigenvalue weighted by atomic mass is 16.6. The second kappa shape index (κ2) is 17.4. The average Bonchev–Trinajstić information content (AvgIpc) is 3.38. The molecule has 3 aromatic carbocycles. The SMILES string of the molecule is C[C@@H](c1ccccc1)N(CCC(=O)OC(C)(C)C)C(=O)[C@H](CCCCNC(=O)OC(C)(C)C)NC(=O)OCC1c2ccccc2-c2ccccc21. The number of ether oxygens (including phenoxy) is 3. The van der Waals surface area contributed by atoms with Crippen LogP contribution in [-0.2, 0) is 23.8 Å². The van der Waals surface area contributed by atoms with E-state index in [0.29, 0.717) is 19.4 Å². The van der Waals surface area contributed by atoms with Crippen molar-refractivity contribution < 1.29 is 33.4 Å². The van der Waals surface area contributed by atoms with Crippen LogP contribution in [-0.4, -0.2) is 65.9 Å². The van der Waals surface area contributed by atoms with Crippen LogP contribution in [0.3, 0.4) is 0 Å². The molecule has 2 atom stereocenters. The highest BCUT2D eigenvalue weighted by molar-refractivity contribution is 5.86. The molecule has 4 rings (SSSR count). The quantitative estimate of drug-likeness (QED) is 0.0996. The zero-order valence-corrected chi connectivity index (χ0v) is 31.0. The molecule has 3 amide bonds.